The topological polar surface area (TPSA) is 182 Å². The molecule has 4 N–H and O–H groups in total. The van der Waals surface area contributed by atoms with Crippen molar-refractivity contribution in [1.82, 2.24) is 30.7 Å². The number of para-hydroxylation sites is 1. The Hall–Kier alpha value is -6.06. The highest BCUT2D eigenvalue weighted by Crippen LogP contribution is 2.43. The fraction of sp³-hybridized carbons (Fsp3) is 0.500. The predicted molar refractivity (Wildman–Crippen MR) is 299 cm³/mol. The van der Waals surface area contributed by atoms with Gasteiger partial charge in [0.25, 0.3) is 5.91 Å². The molecular weight excluding hydrogens is 1050 g/mol. The van der Waals surface area contributed by atoms with Gasteiger partial charge in [0.05, 0.1) is 37.8 Å². The number of amides is 4. The second-order valence-electron chi connectivity index (χ2n) is 22.4. The van der Waals surface area contributed by atoms with Crippen molar-refractivity contribution in [2.24, 2.45) is 11.8 Å². The maximum absolute atomic E-state index is 15.1. The summed E-state index contributed by atoms with van der Waals surface area (Å²) < 4.78 is 55.3. The predicted octanol–water partition coefficient (Wildman–Crippen LogP) is 5.66. The van der Waals surface area contributed by atoms with E-state index in [1.807, 2.05) is 18.2 Å². The first kappa shape index (κ1) is 60.0. The van der Waals surface area contributed by atoms with Crippen LogP contribution in [0.3, 0.4) is 0 Å². The molecule has 0 saturated carbocycles. The summed E-state index contributed by atoms with van der Waals surface area (Å²) in [6.45, 7) is 12.5. The van der Waals surface area contributed by atoms with Crippen molar-refractivity contribution >= 4 is 59.0 Å². The lowest BCUT2D eigenvalue weighted by molar-refractivity contribution is -0.146. The quantitative estimate of drug-likeness (QED) is 0.0906. The zero-order valence-corrected chi connectivity index (χ0v) is 47.0. The molecule has 0 aromatic heterocycles. The number of carbonyl (C=O) groups is 6. The maximum Gasteiger partial charge on any atom is 0.252 e. The van der Waals surface area contributed by atoms with Crippen molar-refractivity contribution in [2.45, 2.75) is 102 Å². The number of benzene rings is 4. The minimum atomic E-state index is -1.38. The van der Waals surface area contributed by atoms with Gasteiger partial charge in [-0.3, -0.25) is 38.6 Å². The van der Waals surface area contributed by atoms with E-state index >= 15 is 8.78 Å². The Kier molecular flexibility index (Phi) is 19.7. The Labute approximate surface area is 472 Å². The van der Waals surface area contributed by atoms with Gasteiger partial charge in [0, 0.05) is 95.1 Å². The minimum Gasteiger partial charge on any atom is -0.381 e. The molecule has 3 saturated heterocycles. The molecule has 9 rings (SSSR count). The lowest BCUT2D eigenvalue weighted by Crippen LogP contribution is -2.62. The van der Waals surface area contributed by atoms with E-state index in [1.165, 1.54) is 23.1 Å². The van der Waals surface area contributed by atoms with Crippen LogP contribution in [0.15, 0.2) is 78.9 Å². The second-order valence-corrected chi connectivity index (χ2v) is 22.4. The molecule has 0 spiro atoms. The third kappa shape index (κ3) is 13.5. The molecule has 5 heterocycles. The number of halogens is 4. The highest BCUT2D eigenvalue weighted by molar-refractivity contribution is 6.04. The second kappa shape index (κ2) is 26.2. The molecule has 0 bridgehead atoms. The van der Waals surface area contributed by atoms with Crippen LogP contribution in [0, 0.1) is 29.3 Å². The van der Waals surface area contributed by atoms with Crippen LogP contribution in [0.2, 0.25) is 0 Å². The molecule has 4 amide bonds. The molecule has 3 fully saturated rings. The molecule has 20 heteroatoms. The Balaban J connectivity index is 0.00000841. The number of ether oxygens (including phenoxy) is 2. The summed E-state index contributed by atoms with van der Waals surface area (Å²) in [5.74, 6) is -5.92. The number of piperazine rings is 1. The zero-order chi connectivity index (χ0) is 56.1. The van der Waals surface area contributed by atoms with Crippen LogP contribution in [0.1, 0.15) is 86.4 Å². The third-order valence-corrected chi connectivity index (χ3v) is 16.8. The van der Waals surface area contributed by atoms with Gasteiger partial charge in [-0.15, -0.1) is 12.4 Å². The summed E-state index contributed by atoms with van der Waals surface area (Å²) in [5.41, 5.74) is 2.41. The molecule has 430 valence electrons. The van der Waals surface area contributed by atoms with Crippen LogP contribution in [-0.2, 0) is 63.0 Å². The number of fused-ring (bicyclic) bond motifs is 2. The van der Waals surface area contributed by atoms with E-state index in [4.69, 9.17) is 9.47 Å². The van der Waals surface area contributed by atoms with E-state index in [0.29, 0.717) is 86.7 Å². The number of morpholine rings is 1. The van der Waals surface area contributed by atoms with Crippen molar-refractivity contribution in [3.8, 4) is 0 Å². The van der Waals surface area contributed by atoms with Gasteiger partial charge >= 0.3 is 0 Å². The van der Waals surface area contributed by atoms with Crippen molar-refractivity contribution in [1.29, 1.82) is 0 Å². The number of nitrogens with one attached hydrogen (secondary N) is 4. The van der Waals surface area contributed by atoms with E-state index in [0.717, 1.165) is 36.3 Å². The van der Waals surface area contributed by atoms with Crippen LogP contribution < -0.4 is 26.2 Å². The van der Waals surface area contributed by atoms with Crippen molar-refractivity contribution < 1.29 is 51.4 Å². The number of hydrogen-bond acceptors (Lipinski definition) is 12. The SMILES string of the molecule is CN[C@@H](C)C(=O)C[C@H](C(=O)N1Cc2ccc(CC(=O)CNC(=O)[C@]3(C)CN(C(=O)CN4C[C@@H](C)NC[C@@H]4CN4CCOC[C@H]4C)c4cc(Cc5ccc(F)cc5)ccc43)cc2[C@H]1C(=O)Nc1c(F)cccc1F)C1CCOCC1.Cl. The lowest BCUT2D eigenvalue weighted by atomic mass is 9.81. The van der Waals surface area contributed by atoms with Gasteiger partial charge in [0.15, 0.2) is 5.78 Å². The molecule has 5 aliphatic heterocycles. The van der Waals surface area contributed by atoms with Gasteiger partial charge < -0.3 is 40.5 Å². The minimum absolute atomic E-state index is 0. The molecule has 16 nitrogen and oxygen atoms in total. The number of likely N-dealkylation sites (N-methyl/N-ethyl adjacent to an activating group) is 1. The zero-order valence-electron chi connectivity index (χ0n) is 46.2. The fourth-order valence-corrected chi connectivity index (χ4v) is 12.0. The van der Waals surface area contributed by atoms with Crippen LogP contribution in [-0.4, -0.2) is 153 Å². The molecule has 80 heavy (non-hydrogen) atoms. The van der Waals surface area contributed by atoms with Gasteiger partial charge in [-0.05, 0) is 124 Å². The summed E-state index contributed by atoms with van der Waals surface area (Å²) in [7, 11) is 1.66. The summed E-state index contributed by atoms with van der Waals surface area (Å²) in [4.78, 5) is 93.8. The Morgan fingerprint density at radius 3 is 2.29 bits per heavy atom. The summed E-state index contributed by atoms with van der Waals surface area (Å²) >= 11 is 0. The van der Waals surface area contributed by atoms with Crippen molar-refractivity contribution in [3.05, 3.63) is 130 Å². The molecule has 0 radical (unpaired) electrons. The molecule has 4 aromatic carbocycles. The fourth-order valence-electron chi connectivity index (χ4n) is 12.0. The summed E-state index contributed by atoms with van der Waals surface area (Å²) in [6.07, 6.45) is 1.22. The first-order valence-corrected chi connectivity index (χ1v) is 27.6. The number of hydrogen-bond donors (Lipinski definition) is 4. The number of Topliss-reactive ketones (excluding diaryl/α,β-unsaturated/α-hetero) is 2. The van der Waals surface area contributed by atoms with Gasteiger partial charge in [-0.25, -0.2) is 13.2 Å². The van der Waals surface area contributed by atoms with Crippen molar-refractivity contribution in [3.63, 3.8) is 0 Å². The van der Waals surface area contributed by atoms with E-state index in [2.05, 4.69) is 44.9 Å². The number of carbonyl (C=O) groups excluding carboxylic acids is 6. The van der Waals surface area contributed by atoms with Crippen LogP contribution >= 0.6 is 12.4 Å². The van der Waals surface area contributed by atoms with E-state index in [9.17, 15) is 33.2 Å². The Morgan fingerprint density at radius 1 is 0.863 bits per heavy atom. The summed E-state index contributed by atoms with van der Waals surface area (Å²) in [5, 5.41) is 11.8. The first-order chi connectivity index (χ1) is 37.9. The highest BCUT2D eigenvalue weighted by Gasteiger charge is 2.48. The number of nitrogens with zero attached hydrogens (tertiary/aromatic N) is 4. The molecule has 0 unspecified atom stereocenters. The molecule has 4 aromatic rings. The highest BCUT2D eigenvalue weighted by atomic mass is 35.5. The monoisotopic (exact) mass is 1130 g/mol. The summed E-state index contributed by atoms with van der Waals surface area (Å²) in [6, 6.07) is 18.7. The number of rotatable bonds is 19. The molecular formula is C60H74ClF3N8O8. The average Bonchev–Trinajstić information content (AvgIpc) is 4.17. The number of ketones is 2. The van der Waals surface area contributed by atoms with E-state index < -0.39 is 58.5 Å². The van der Waals surface area contributed by atoms with E-state index in [-0.39, 0.29) is 98.8 Å². The number of anilines is 2. The Morgan fingerprint density at radius 2 is 1.57 bits per heavy atom. The molecule has 0 aliphatic carbocycles. The largest absolute Gasteiger partial charge is 0.381 e. The third-order valence-electron chi connectivity index (χ3n) is 16.8. The van der Waals surface area contributed by atoms with Crippen LogP contribution in [0.25, 0.3) is 0 Å². The maximum atomic E-state index is 15.1. The van der Waals surface area contributed by atoms with Crippen LogP contribution in [0.5, 0.6) is 0 Å². The standard InChI is InChI=1S/C60H73F3N8O8.ClH/c1-36-30-69(45(28-65-36)32-68-19-22-79-34-37(68)2)33-54(74)71-35-60(4,49-16-12-40(26-52(49)71)23-39-10-14-44(61)15-11-39)59(77)66-29-46(72)24-41-9-13-43-31-70(56(47(43)25-41)57(75)67-55-50(62)7-6-8-51(55)63)58(76)48(27-53(73)38(3)64-5)42-17-20-78-21-18-42;/h6-16,25-26,36-38,42,45,48,56,64-65H,17-24,27-35H2,1-5H3,(H,66,77)(H,67,75);1H/t36-,37-,38+,45-,48+,56+,60-;/m1./s1. The average molecular weight is 1130 g/mol. The molecule has 5 aliphatic rings. The van der Waals surface area contributed by atoms with Gasteiger partial charge in [-0.2, -0.15) is 0 Å². The van der Waals surface area contributed by atoms with Crippen LogP contribution in [0.4, 0.5) is 24.5 Å². The van der Waals surface area contributed by atoms with E-state index in [1.54, 1.807) is 56.1 Å². The molecule has 7 atom stereocenters. The normalized spacial score (nSPS) is 23.1. The lowest BCUT2D eigenvalue weighted by Gasteiger charge is -2.43. The van der Waals surface area contributed by atoms with Gasteiger partial charge in [0.1, 0.15) is 35.0 Å². The Bertz CT molecular complexity index is 2910. The van der Waals surface area contributed by atoms with Crippen molar-refractivity contribution in [2.75, 3.05) is 89.5 Å². The smallest absolute Gasteiger partial charge is 0.252 e. The first-order valence-electron chi connectivity index (χ1n) is 27.6. The van der Waals surface area contributed by atoms with Gasteiger partial charge in [-0.1, -0.05) is 48.5 Å². The van der Waals surface area contributed by atoms with Gasteiger partial charge in [0.2, 0.25) is 17.7 Å².